The van der Waals surface area contributed by atoms with E-state index in [9.17, 15) is 9.90 Å². The molecule has 0 radical (unpaired) electrons. The van der Waals surface area contributed by atoms with Gasteiger partial charge in [0.2, 0.25) is 0 Å². The summed E-state index contributed by atoms with van der Waals surface area (Å²) in [5.74, 6) is -0.678. The van der Waals surface area contributed by atoms with Gasteiger partial charge in [-0.1, -0.05) is 18.2 Å². The lowest BCUT2D eigenvalue weighted by Gasteiger charge is -2.09. The molecule has 1 fully saturated rings. The molecule has 0 amide bonds. The van der Waals surface area contributed by atoms with Gasteiger partial charge in [-0.05, 0) is 25.0 Å². The van der Waals surface area contributed by atoms with E-state index >= 15 is 0 Å². The summed E-state index contributed by atoms with van der Waals surface area (Å²) in [6.45, 7) is 0. The third kappa shape index (κ3) is 1.45. The lowest BCUT2D eigenvalue weighted by molar-refractivity contribution is -0.254. The Kier molecular flexibility index (Phi) is 1.93. The van der Waals surface area contributed by atoms with Crippen molar-refractivity contribution < 1.29 is 9.90 Å². The lowest BCUT2D eigenvalue weighted by Crippen LogP contribution is -2.23. The fourth-order valence-corrected chi connectivity index (χ4v) is 1.95. The zero-order valence-electron chi connectivity index (χ0n) is 8.64. The zero-order chi connectivity index (χ0) is 11.1. The molecule has 3 heteroatoms. The number of fused-ring (bicyclic) bond motifs is 1. The molecular weight excluding hydrogens is 202 g/mol. The van der Waals surface area contributed by atoms with Gasteiger partial charge in [-0.2, -0.15) is 0 Å². The van der Waals surface area contributed by atoms with E-state index < -0.39 is 5.97 Å². The molecule has 0 bridgehead atoms. The highest BCUT2D eigenvalue weighted by Gasteiger charge is 2.25. The summed E-state index contributed by atoms with van der Waals surface area (Å²) in [6.07, 6.45) is 2.22. The highest BCUT2D eigenvalue weighted by Crippen LogP contribution is 2.40. The fraction of sp³-hybridized carbons (Fsp3) is 0.231. The number of carboxylic acid groups (broad SMARTS) is 1. The van der Waals surface area contributed by atoms with Crippen molar-refractivity contribution in [2.45, 2.75) is 18.8 Å². The van der Waals surface area contributed by atoms with E-state index in [-0.39, 0.29) is 5.56 Å². The van der Waals surface area contributed by atoms with E-state index in [1.54, 1.807) is 12.1 Å². The molecule has 1 aromatic heterocycles. The molecule has 1 aromatic carbocycles. The number of carbonyl (C=O) groups excluding carboxylic acids is 1. The maximum absolute atomic E-state index is 11.1. The third-order valence-electron chi connectivity index (χ3n) is 2.95. The third-order valence-corrected chi connectivity index (χ3v) is 2.95. The van der Waals surface area contributed by atoms with Crippen molar-refractivity contribution in [2.24, 2.45) is 0 Å². The van der Waals surface area contributed by atoms with Crippen molar-refractivity contribution in [3.63, 3.8) is 0 Å². The minimum absolute atomic E-state index is 0.257. The number of hydrogen-bond donors (Lipinski definition) is 0. The van der Waals surface area contributed by atoms with Crippen molar-refractivity contribution in [3.05, 3.63) is 41.6 Å². The maximum Gasteiger partial charge on any atom is 0.0722 e. The first-order valence-corrected chi connectivity index (χ1v) is 5.37. The normalized spacial score (nSPS) is 15.2. The van der Waals surface area contributed by atoms with Crippen LogP contribution in [0.4, 0.5) is 0 Å². The molecule has 80 valence electrons. The molecule has 0 saturated heterocycles. The Morgan fingerprint density at radius 2 is 2.06 bits per heavy atom. The Morgan fingerprint density at radius 3 is 2.75 bits per heavy atom. The lowest BCUT2D eigenvalue weighted by atomic mass is 10.1. The van der Waals surface area contributed by atoms with Crippen LogP contribution in [0, 0.1) is 0 Å². The summed E-state index contributed by atoms with van der Waals surface area (Å²) in [5.41, 5.74) is 1.89. The van der Waals surface area contributed by atoms with Crippen molar-refractivity contribution >= 4 is 16.9 Å². The van der Waals surface area contributed by atoms with E-state index in [1.807, 2.05) is 18.2 Å². The van der Waals surface area contributed by atoms with Crippen LogP contribution in [0.2, 0.25) is 0 Å². The molecule has 0 unspecified atom stereocenters. The smallest absolute Gasteiger partial charge is 0.0722 e. The molecule has 0 spiro atoms. The number of nitrogens with zero attached hydrogens (tertiary/aromatic N) is 1. The molecule has 1 heterocycles. The number of carboxylic acids is 1. The second kappa shape index (κ2) is 3.30. The van der Waals surface area contributed by atoms with Crippen LogP contribution in [-0.2, 0) is 0 Å². The second-order valence-corrected chi connectivity index (χ2v) is 4.17. The van der Waals surface area contributed by atoms with Gasteiger partial charge in [-0.15, -0.1) is 0 Å². The molecule has 3 nitrogen and oxygen atoms in total. The van der Waals surface area contributed by atoms with Crippen LogP contribution in [0.3, 0.4) is 0 Å². The van der Waals surface area contributed by atoms with Gasteiger partial charge < -0.3 is 9.90 Å². The van der Waals surface area contributed by atoms with E-state index in [4.69, 9.17) is 0 Å². The van der Waals surface area contributed by atoms with E-state index in [0.29, 0.717) is 11.3 Å². The number of aromatic nitrogens is 1. The topological polar surface area (TPSA) is 53.0 Å². The van der Waals surface area contributed by atoms with Gasteiger partial charge in [0.05, 0.1) is 11.5 Å². The minimum atomic E-state index is -1.12. The molecule has 0 atom stereocenters. The van der Waals surface area contributed by atoms with Crippen LogP contribution >= 0.6 is 0 Å². The Hall–Kier alpha value is -1.90. The molecule has 1 aliphatic carbocycles. The van der Waals surface area contributed by atoms with Crippen LogP contribution in [0.15, 0.2) is 30.3 Å². The number of rotatable bonds is 2. The van der Waals surface area contributed by atoms with Crippen molar-refractivity contribution in [1.29, 1.82) is 0 Å². The quantitative estimate of drug-likeness (QED) is 0.757. The maximum atomic E-state index is 11.1. The van der Waals surface area contributed by atoms with Crippen LogP contribution < -0.4 is 5.11 Å². The molecule has 0 N–H and O–H groups in total. The second-order valence-electron chi connectivity index (χ2n) is 4.17. The largest absolute Gasteiger partial charge is 0.545 e. The molecule has 16 heavy (non-hydrogen) atoms. The van der Waals surface area contributed by atoms with Crippen molar-refractivity contribution in [2.75, 3.05) is 0 Å². The highest BCUT2D eigenvalue weighted by atomic mass is 16.4. The number of pyridine rings is 1. The summed E-state index contributed by atoms with van der Waals surface area (Å²) >= 11 is 0. The van der Waals surface area contributed by atoms with Gasteiger partial charge >= 0.3 is 0 Å². The summed E-state index contributed by atoms with van der Waals surface area (Å²) in [6, 6.07) is 8.95. The van der Waals surface area contributed by atoms with Gasteiger partial charge in [-0.3, -0.25) is 4.98 Å². The first-order valence-electron chi connectivity index (χ1n) is 5.37. The molecule has 3 rings (SSSR count). The first kappa shape index (κ1) is 9.33. The molecule has 2 aromatic rings. The standard InChI is InChI=1S/C13H11NO2/c15-13(16)10-7-12(8-5-6-8)14-11-4-2-1-3-9(10)11/h1-4,7-8H,5-6H2,(H,15,16)/p-1. The summed E-state index contributed by atoms with van der Waals surface area (Å²) in [4.78, 5) is 15.6. The molecule has 0 aliphatic heterocycles. The van der Waals surface area contributed by atoms with E-state index in [2.05, 4.69) is 4.98 Å². The van der Waals surface area contributed by atoms with E-state index in [0.717, 1.165) is 24.1 Å². The summed E-state index contributed by atoms with van der Waals surface area (Å²) < 4.78 is 0. The number of aromatic carboxylic acids is 1. The monoisotopic (exact) mass is 212 g/mol. The Labute approximate surface area is 92.7 Å². The summed E-state index contributed by atoms with van der Waals surface area (Å²) in [7, 11) is 0. The predicted molar refractivity (Wildman–Crippen MR) is 58.0 cm³/mol. The van der Waals surface area contributed by atoms with E-state index in [1.165, 1.54) is 0 Å². The van der Waals surface area contributed by atoms with Crippen LogP contribution in [-0.4, -0.2) is 11.0 Å². The van der Waals surface area contributed by atoms with Crippen molar-refractivity contribution in [3.8, 4) is 0 Å². The van der Waals surface area contributed by atoms with Gasteiger partial charge in [0.25, 0.3) is 0 Å². The highest BCUT2D eigenvalue weighted by molar-refractivity contribution is 6.01. The Balaban J connectivity index is 2.30. The first-order chi connectivity index (χ1) is 7.75. The SMILES string of the molecule is O=C([O-])c1cc(C2CC2)nc2ccccc12. The van der Waals surface area contributed by atoms with Crippen LogP contribution in [0.25, 0.3) is 10.9 Å². The zero-order valence-corrected chi connectivity index (χ0v) is 8.64. The van der Waals surface area contributed by atoms with Gasteiger partial charge in [-0.25, -0.2) is 0 Å². The van der Waals surface area contributed by atoms with Crippen LogP contribution in [0.1, 0.15) is 34.8 Å². The minimum Gasteiger partial charge on any atom is -0.545 e. The average Bonchev–Trinajstić information content (AvgIpc) is 3.11. The number of hydrogen-bond acceptors (Lipinski definition) is 3. The molecule has 1 saturated carbocycles. The number of para-hydroxylation sites is 1. The van der Waals surface area contributed by atoms with Crippen molar-refractivity contribution in [1.82, 2.24) is 4.98 Å². The molecular formula is C13H10NO2-. The van der Waals surface area contributed by atoms with Gasteiger partial charge in [0.15, 0.2) is 0 Å². The van der Waals surface area contributed by atoms with Crippen LogP contribution in [0.5, 0.6) is 0 Å². The van der Waals surface area contributed by atoms with Gasteiger partial charge in [0.1, 0.15) is 0 Å². The molecule has 1 aliphatic rings. The Morgan fingerprint density at radius 1 is 1.31 bits per heavy atom. The van der Waals surface area contributed by atoms with Gasteiger partial charge in [0, 0.05) is 22.6 Å². The summed E-state index contributed by atoms with van der Waals surface area (Å²) in [5, 5.41) is 11.7. The average molecular weight is 212 g/mol. The number of benzene rings is 1. The number of carbonyl (C=O) groups is 1. The fourth-order valence-electron chi connectivity index (χ4n) is 1.95. The Bertz CT molecular complexity index is 573. The predicted octanol–water partition coefficient (Wildman–Crippen LogP) is 1.48.